The number of nitrogen functional groups attached to an aromatic ring is 1. The third-order valence-corrected chi connectivity index (χ3v) is 4.09. The molecule has 2 aromatic carbocycles. The molecule has 0 saturated carbocycles. The van der Waals surface area contributed by atoms with Gasteiger partial charge in [-0.15, -0.1) is 5.10 Å². The van der Waals surface area contributed by atoms with Crippen molar-refractivity contribution in [3.8, 4) is 0 Å². The van der Waals surface area contributed by atoms with Gasteiger partial charge in [0.1, 0.15) is 0 Å². The number of hydrogen-bond donors (Lipinski definition) is 2. The van der Waals surface area contributed by atoms with Crippen molar-refractivity contribution >= 4 is 17.4 Å². The van der Waals surface area contributed by atoms with Crippen molar-refractivity contribution in [2.45, 2.75) is 27.3 Å². The summed E-state index contributed by atoms with van der Waals surface area (Å²) in [6, 6.07) is 13.8. The van der Waals surface area contributed by atoms with Crippen LogP contribution in [0.5, 0.6) is 0 Å². The van der Waals surface area contributed by atoms with E-state index in [-0.39, 0.29) is 17.4 Å². The van der Waals surface area contributed by atoms with Gasteiger partial charge in [0.15, 0.2) is 11.5 Å². The molecule has 0 bridgehead atoms. The summed E-state index contributed by atoms with van der Waals surface area (Å²) in [5, 5.41) is 10.8. The van der Waals surface area contributed by atoms with Crippen LogP contribution in [0.4, 0.5) is 11.5 Å². The smallest absolute Gasteiger partial charge is 0.280 e. The zero-order valence-corrected chi connectivity index (χ0v) is 14.6. The Morgan fingerprint density at radius 3 is 2.64 bits per heavy atom. The third kappa shape index (κ3) is 3.68. The maximum Gasteiger partial charge on any atom is 0.280 e. The fraction of sp³-hybridized carbons (Fsp3) is 0.211. The van der Waals surface area contributed by atoms with E-state index in [0.717, 1.165) is 22.3 Å². The summed E-state index contributed by atoms with van der Waals surface area (Å²) in [7, 11) is 0. The second-order valence-corrected chi connectivity index (χ2v) is 6.23. The highest BCUT2D eigenvalue weighted by Gasteiger charge is 2.18. The molecular formula is C19H21N5O. The number of aromatic nitrogens is 3. The number of nitrogens with zero attached hydrogens (tertiary/aromatic N) is 3. The number of nitrogens with one attached hydrogen (secondary N) is 1. The van der Waals surface area contributed by atoms with Crippen molar-refractivity contribution in [3.05, 3.63) is 70.4 Å². The zero-order chi connectivity index (χ0) is 18.0. The summed E-state index contributed by atoms with van der Waals surface area (Å²) in [6.07, 6.45) is 0. The van der Waals surface area contributed by atoms with Gasteiger partial charge in [0.2, 0.25) is 0 Å². The van der Waals surface area contributed by atoms with Gasteiger partial charge in [0.05, 0.1) is 6.54 Å². The van der Waals surface area contributed by atoms with Gasteiger partial charge in [-0.2, -0.15) is 0 Å². The largest absolute Gasteiger partial charge is 0.382 e. The van der Waals surface area contributed by atoms with Crippen molar-refractivity contribution in [1.29, 1.82) is 0 Å². The maximum atomic E-state index is 12.4. The minimum atomic E-state index is -0.365. The van der Waals surface area contributed by atoms with Gasteiger partial charge in [-0.1, -0.05) is 41.1 Å². The molecule has 128 valence electrons. The molecule has 0 radical (unpaired) electrons. The maximum absolute atomic E-state index is 12.4. The SMILES string of the molecule is Cc1cccc(NC(=O)c2nnn(Cc3cc(C)ccc3C)c2N)c1. The minimum absolute atomic E-state index is 0.131. The molecule has 0 aliphatic rings. The van der Waals surface area contributed by atoms with E-state index in [1.54, 1.807) is 4.68 Å². The molecular weight excluding hydrogens is 314 g/mol. The number of benzene rings is 2. The number of nitrogens with two attached hydrogens (primary N) is 1. The van der Waals surface area contributed by atoms with Crippen LogP contribution in [-0.4, -0.2) is 20.9 Å². The van der Waals surface area contributed by atoms with Gasteiger partial charge in [-0.3, -0.25) is 4.79 Å². The molecule has 25 heavy (non-hydrogen) atoms. The number of amides is 1. The standard InChI is InChI=1S/C19H21N5O/c1-12-5-4-6-16(10-12)21-19(25)17-18(20)24(23-22-17)11-15-9-13(2)7-8-14(15)3/h4-10H,11,20H2,1-3H3,(H,21,25). The molecule has 3 rings (SSSR count). The predicted octanol–water partition coefficient (Wildman–Crippen LogP) is 3.09. The molecule has 0 spiro atoms. The van der Waals surface area contributed by atoms with Crippen LogP contribution < -0.4 is 11.1 Å². The van der Waals surface area contributed by atoms with Gasteiger partial charge >= 0.3 is 0 Å². The molecule has 0 saturated heterocycles. The van der Waals surface area contributed by atoms with Crippen LogP contribution in [0.2, 0.25) is 0 Å². The predicted molar refractivity (Wildman–Crippen MR) is 98.6 cm³/mol. The molecule has 6 nitrogen and oxygen atoms in total. The van der Waals surface area contributed by atoms with Crippen molar-refractivity contribution in [2.24, 2.45) is 0 Å². The summed E-state index contributed by atoms with van der Waals surface area (Å²) in [4.78, 5) is 12.4. The van der Waals surface area contributed by atoms with Crippen LogP contribution in [0.25, 0.3) is 0 Å². The Hall–Kier alpha value is -3.15. The Balaban J connectivity index is 1.81. The number of carbonyl (C=O) groups is 1. The third-order valence-electron chi connectivity index (χ3n) is 4.09. The van der Waals surface area contributed by atoms with Crippen molar-refractivity contribution in [3.63, 3.8) is 0 Å². The molecule has 1 aromatic heterocycles. The van der Waals surface area contributed by atoms with Crippen LogP contribution in [0, 0.1) is 20.8 Å². The molecule has 3 aromatic rings. The van der Waals surface area contributed by atoms with E-state index in [4.69, 9.17) is 5.73 Å². The number of hydrogen-bond acceptors (Lipinski definition) is 4. The van der Waals surface area contributed by atoms with Crippen molar-refractivity contribution in [2.75, 3.05) is 11.1 Å². The van der Waals surface area contributed by atoms with Crippen molar-refractivity contribution in [1.82, 2.24) is 15.0 Å². The lowest BCUT2D eigenvalue weighted by Crippen LogP contribution is -2.15. The quantitative estimate of drug-likeness (QED) is 0.767. The first-order valence-corrected chi connectivity index (χ1v) is 8.07. The summed E-state index contributed by atoms with van der Waals surface area (Å²) in [5.74, 6) is -0.110. The Labute approximate surface area is 146 Å². The van der Waals surface area contributed by atoms with Gasteiger partial charge in [-0.05, 0) is 49.6 Å². The lowest BCUT2D eigenvalue weighted by Gasteiger charge is -2.08. The summed E-state index contributed by atoms with van der Waals surface area (Å²) in [6.45, 7) is 6.51. The Morgan fingerprint density at radius 1 is 1.12 bits per heavy atom. The van der Waals surface area contributed by atoms with Crippen LogP contribution >= 0.6 is 0 Å². The molecule has 6 heteroatoms. The van der Waals surface area contributed by atoms with Gasteiger partial charge in [-0.25, -0.2) is 4.68 Å². The molecule has 0 aliphatic carbocycles. The average molecular weight is 335 g/mol. The van der Waals surface area contributed by atoms with E-state index in [9.17, 15) is 4.79 Å². The topological polar surface area (TPSA) is 85.8 Å². The number of aryl methyl sites for hydroxylation is 3. The second-order valence-electron chi connectivity index (χ2n) is 6.23. The van der Waals surface area contributed by atoms with Crippen LogP contribution in [0.3, 0.4) is 0 Å². The Morgan fingerprint density at radius 2 is 1.88 bits per heavy atom. The summed E-state index contributed by atoms with van der Waals surface area (Å²) in [5.41, 5.74) is 11.4. The van der Waals surface area contributed by atoms with E-state index in [1.165, 1.54) is 0 Å². The van der Waals surface area contributed by atoms with E-state index in [0.29, 0.717) is 12.2 Å². The normalized spacial score (nSPS) is 10.7. The Kier molecular flexibility index (Phi) is 4.52. The van der Waals surface area contributed by atoms with Crippen LogP contribution in [0.1, 0.15) is 32.7 Å². The molecule has 3 N–H and O–H groups in total. The lowest BCUT2D eigenvalue weighted by atomic mass is 10.1. The monoisotopic (exact) mass is 335 g/mol. The summed E-state index contributed by atoms with van der Waals surface area (Å²) < 4.78 is 1.55. The number of anilines is 2. The average Bonchev–Trinajstić information content (AvgIpc) is 2.92. The van der Waals surface area contributed by atoms with E-state index >= 15 is 0 Å². The van der Waals surface area contributed by atoms with E-state index in [2.05, 4.69) is 33.8 Å². The van der Waals surface area contributed by atoms with Crippen LogP contribution in [-0.2, 0) is 6.54 Å². The number of carbonyl (C=O) groups excluding carboxylic acids is 1. The fourth-order valence-corrected chi connectivity index (χ4v) is 2.64. The highest BCUT2D eigenvalue weighted by molar-refractivity contribution is 6.05. The minimum Gasteiger partial charge on any atom is -0.382 e. The number of rotatable bonds is 4. The first-order valence-electron chi connectivity index (χ1n) is 8.07. The second kappa shape index (κ2) is 6.76. The molecule has 0 unspecified atom stereocenters. The molecule has 1 heterocycles. The van der Waals surface area contributed by atoms with E-state index in [1.807, 2.05) is 45.0 Å². The van der Waals surface area contributed by atoms with Gasteiger partial charge < -0.3 is 11.1 Å². The van der Waals surface area contributed by atoms with Gasteiger partial charge in [0, 0.05) is 5.69 Å². The molecule has 0 fully saturated rings. The van der Waals surface area contributed by atoms with Crippen LogP contribution in [0.15, 0.2) is 42.5 Å². The Bertz CT molecular complexity index is 929. The highest BCUT2D eigenvalue weighted by Crippen LogP contribution is 2.17. The first kappa shape index (κ1) is 16.7. The molecule has 0 aliphatic heterocycles. The lowest BCUT2D eigenvalue weighted by molar-refractivity contribution is 0.102. The fourth-order valence-electron chi connectivity index (χ4n) is 2.64. The molecule has 0 atom stereocenters. The highest BCUT2D eigenvalue weighted by atomic mass is 16.2. The first-order chi connectivity index (χ1) is 11.9. The van der Waals surface area contributed by atoms with Gasteiger partial charge in [0.25, 0.3) is 5.91 Å². The van der Waals surface area contributed by atoms with E-state index < -0.39 is 0 Å². The zero-order valence-electron chi connectivity index (χ0n) is 14.6. The van der Waals surface area contributed by atoms with Crippen molar-refractivity contribution < 1.29 is 4.79 Å². The summed E-state index contributed by atoms with van der Waals surface area (Å²) >= 11 is 0. The molecule has 1 amide bonds.